The first kappa shape index (κ1) is 62.6. The Bertz CT molecular complexity index is 3210. The highest BCUT2D eigenvalue weighted by molar-refractivity contribution is 6.31. The molecule has 1 aromatic heterocycles. The van der Waals surface area contributed by atoms with Crippen molar-refractivity contribution in [2.24, 2.45) is 11.8 Å². The Hall–Kier alpha value is -5.94. The number of nitrogens with zero attached hydrogens (tertiary/aromatic N) is 7. The van der Waals surface area contributed by atoms with Crippen LogP contribution < -0.4 is 5.32 Å². The number of rotatable bonds is 11. The molecule has 84 heavy (non-hydrogen) atoms. The smallest absolute Gasteiger partial charge is 0.254 e. The van der Waals surface area contributed by atoms with E-state index >= 15 is 0 Å². The molecule has 5 fully saturated rings. The normalized spacial score (nSPS) is 21.6. The molecule has 1 N–H and O–H groups in total. The van der Waals surface area contributed by atoms with Gasteiger partial charge >= 0.3 is 0 Å². The van der Waals surface area contributed by atoms with Gasteiger partial charge in [0.05, 0.1) is 28.9 Å². The molecule has 4 aromatic carbocycles. The number of hydrogen-bond acceptors (Lipinski definition) is 8. The molecule has 5 aliphatic heterocycles. The van der Waals surface area contributed by atoms with Crippen LogP contribution in [0.3, 0.4) is 0 Å². The maximum absolute atomic E-state index is 14.9. The highest BCUT2D eigenvalue weighted by Crippen LogP contribution is 2.44. The highest BCUT2D eigenvalue weighted by Gasteiger charge is 2.47. The molecule has 450 valence electrons. The summed E-state index contributed by atoms with van der Waals surface area (Å²) in [6.07, 6.45) is 8.42. The summed E-state index contributed by atoms with van der Waals surface area (Å²) in [6, 6.07) is 18.7. The van der Waals surface area contributed by atoms with Crippen molar-refractivity contribution in [2.45, 2.75) is 141 Å². The van der Waals surface area contributed by atoms with E-state index < -0.39 is 40.5 Å². The Morgan fingerprint density at radius 2 is 1.00 bits per heavy atom. The Kier molecular flexibility index (Phi) is 19.0. The maximum Gasteiger partial charge on any atom is 0.254 e. The van der Waals surface area contributed by atoms with Gasteiger partial charge in [-0.25, -0.2) is 27.5 Å². The zero-order chi connectivity index (χ0) is 60.6. The Morgan fingerprint density at radius 3 is 1.44 bits per heavy atom. The first-order valence-electron chi connectivity index (χ1n) is 29.6. The van der Waals surface area contributed by atoms with Crippen LogP contribution in [0.2, 0.25) is 10.0 Å². The van der Waals surface area contributed by atoms with Gasteiger partial charge < -0.3 is 20.0 Å². The summed E-state index contributed by atoms with van der Waals surface area (Å²) in [5, 5.41) is 4.22. The molecule has 4 unspecified atom stereocenters. The number of carbonyl (C=O) groups excluding carboxylic acids is 4. The molecule has 0 aliphatic carbocycles. The van der Waals surface area contributed by atoms with Gasteiger partial charge in [-0.3, -0.25) is 29.0 Å². The van der Waals surface area contributed by atoms with Crippen molar-refractivity contribution in [3.63, 3.8) is 0 Å². The SMILES string of the molecule is CC(C)(C(=O)N1CCC1)c1cc(Cl)ccc1C1CCN(C(=O)C2CN(C(C)(C)C)CC2c2ccc(F)cc2F)CC1.C[C@H](NC(=O)c1cncnc1)c1cc(Cl)ccc1C1CCN(C(=O)C2CN(C(C)(C)C)CC2c2ccc(F)cc2F)CC1. The monoisotopic (exact) mass is 1190 g/mol. The lowest BCUT2D eigenvalue weighted by atomic mass is 9.75. The minimum Gasteiger partial charge on any atom is -0.345 e. The third-order valence-electron chi connectivity index (χ3n) is 18.4. The lowest BCUT2D eigenvalue weighted by Gasteiger charge is -2.40. The van der Waals surface area contributed by atoms with Crippen LogP contribution >= 0.6 is 23.2 Å². The van der Waals surface area contributed by atoms with Gasteiger partial charge in [0.25, 0.3) is 5.91 Å². The Labute approximate surface area is 502 Å². The maximum atomic E-state index is 14.9. The number of piperidine rings is 2. The van der Waals surface area contributed by atoms with Crippen LogP contribution in [0.5, 0.6) is 0 Å². The van der Waals surface area contributed by atoms with Crippen LogP contribution in [0.15, 0.2) is 91.5 Å². The highest BCUT2D eigenvalue weighted by atomic mass is 35.5. The summed E-state index contributed by atoms with van der Waals surface area (Å²) in [6.45, 7) is 24.5. The number of nitrogens with one attached hydrogen (secondary N) is 1. The van der Waals surface area contributed by atoms with Crippen molar-refractivity contribution in [1.82, 2.24) is 39.8 Å². The molecule has 18 heteroatoms. The van der Waals surface area contributed by atoms with E-state index in [1.54, 1.807) is 0 Å². The predicted octanol–water partition coefficient (Wildman–Crippen LogP) is 12.5. The van der Waals surface area contributed by atoms with Crippen molar-refractivity contribution in [3.05, 3.63) is 164 Å². The third kappa shape index (κ3) is 13.8. The summed E-state index contributed by atoms with van der Waals surface area (Å²) in [5.41, 5.74) is 4.24. The number of aromatic nitrogens is 2. The van der Waals surface area contributed by atoms with Crippen LogP contribution in [0, 0.1) is 35.1 Å². The van der Waals surface area contributed by atoms with Crippen molar-refractivity contribution < 1.29 is 36.7 Å². The minimum atomic E-state index is -0.694. The fourth-order valence-corrected chi connectivity index (χ4v) is 13.6. The second-order valence-corrected chi connectivity index (χ2v) is 27.1. The molecule has 5 aromatic rings. The van der Waals surface area contributed by atoms with Crippen LogP contribution in [-0.4, -0.2) is 135 Å². The van der Waals surface area contributed by atoms with Gasteiger partial charge in [0, 0.05) is 123 Å². The zero-order valence-corrected chi connectivity index (χ0v) is 51.4. The molecule has 5 saturated heterocycles. The molecule has 5 aliphatic rings. The van der Waals surface area contributed by atoms with Gasteiger partial charge in [0.2, 0.25) is 17.7 Å². The molecule has 4 amide bonds. The molecule has 0 spiro atoms. The molecule has 12 nitrogen and oxygen atoms in total. The average molecular weight is 1200 g/mol. The lowest BCUT2D eigenvalue weighted by molar-refractivity contribution is -0.140. The molecule has 0 radical (unpaired) electrons. The Morgan fingerprint density at radius 1 is 0.560 bits per heavy atom. The van der Waals surface area contributed by atoms with Gasteiger partial charge in [0.1, 0.15) is 29.6 Å². The molecular weight excluding hydrogens is 1120 g/mol. The molecule has 6 heterocycles. The first-order valence-corrected chi connectivity index (χ1v) is 30.4. The summed E-state index contributed by atoms with van der Waals surface area (Å²) >= 11 is 12.8. The number of likely N-dealkylation sites (tertiary alicyclic amines) is 5. The third-order valence-corrected chi connectivity index (χ3v) is 18.9. The van der Waals surface area contributed by atoms with E-state index in [9.17, 15) is 36.7 Å². The number of halogens is 6. The summed E-state index contributed by atoms with van der Waals surface area (Å²) in [5.74, 6) is -3.65. The fourth-order valence-electron chi connectivity index (χ4n) is 13.3. The number of amides is 4. The number of hydrogen-bond donors (Lipinski definition) is 1. The van der Waals surface area contributed by atoms with Crippen LogP contribution in [0.1, 0.15) is 168 Å². The van der Waals surface area contributed by atoms with Crippen molar-refractivity contribution in [1.29, 1.82) is 0 Å². The van der Waals surface area contributed by atoms with Crippen LogP contribution in [-0.2, 0) is 19.8 Å². The van der Waals surface area contributed by atoms with Crippen molar-refractivity contribution in [3.8, 4) is 0 Å². The van der Waals surface area contributed by atoms with Gasteiger partial charge in [-0.1, -0.05) is 47.5 Å². The van der Waals surface area contributed by atoms with E-state index in [0.717, 1.165) is 79.6 Å². The molecular formula is C66H80Cl2F4N8O4. The fraction of sp³-hybridized carbons (Fsp3) is 0.515. The Balaban J connectivity index is 0.000000202. The van der Waals surface area contributed by atoms with Crippen LogP contribution in [0.4, 0.5) is 17.6 Å². The van der Waals surface area contributed by atoms with E-state index in [2.05, 4.69) is 72.7 Å². The lowest BCUT2D eigenvalue weighted by Crippen LogP contribution is -2.50. The van der Waals surface area contributed by atoms with E-state index in [1.165, 1.54) is 43.0 Å². The van der Waals surface area contributed by atoms with Gasteiger partial charge in [0.15, 0.2) is 0 Å². The first-order chi connectivity index (χ1) is 39.7. The predicted molar refractivity (Wildman–Crippen MR) is 320 cm³/mol. The van der Waals surface area contributed by atoms with E-state index in [4.69, 9.17) is 23.2 Å². The molecule has 10 rings (SSSR count). The molecule has 0 saturated carbocycles. The molecule has 0 bridgehead atoms. The van der Waals surface area contributed by atoms with E-state index in [-0.39, 0.29) is 64.4 Å². The van der Waals surface area contributed by atoms with Crippen molar-refractivity contribution in [2.75, 3.05) is 65.4 Å². The van der Waals surface area contributed by atoms with E-state index in [0.29, 0.717) is 79.1 Å². The van der Waals surface area contributed by atoms with Gasteiger partial charge in [-0.2, -0.15) is 0 Å². The summed E-state index contributed by atoms with van der Waals surface area (Å²) in [7, 11) is 0. The van der Waals surface area contributed by atoms with Crippen LogP contribution in [0.25, 0.3) is 0 Å². The van der Waals surface area contributed by atoms with E-state index in [1.807, 2.05) is 65.8 Å². The summed E-state index contributed by atoms with van der Waals surface area (Å²) in [4.78, 5) is 72.1. The van der Waals surface area contributed by atoms with Gasteiger partial charge in [-0.05, 0) is 176 Å². The average Bonchev–Trinajstić information content (AvgIpc) is 1.60. The van der Waals surface area contributed by atoms with Gasteiger partial charge in [-0.15, -0.1) is 0 Å². The standard InChI is InChI=1S/C33H38ClF2N5O2.C33H42ClF2N3O2/c1-20(39-31(42)22-15-37-19-38-16-22)27-13-23(34)5-7-25(27)21-9-11-40(12-10-21)32(43)29-18-41(33(2,3)4)17-28(29)26-8-6-24(35)14-30(26)36;1-32(2,3)39-19-26(25-10-8-23(35)18-29(25)36)27(20-39)30(40)37-15-11-21(12-16-37)24-9-7-22(34)17-28(24)33(4,5)31(41)38-13-6-14-38/h5-8,13-16,19-21,28-29H,9-12,17-18H2,1-4H3,(H,39,42);7-10,17-18,21,26-27H,6,11-16,19-20H2,1-5H3/t20-,28?,29?;/m0./s1. The minimum absolute atomic E-state index is 0.0148. The second-order valence-electron chi connectivity index (χ2n) is 26.2. The second kappa shape index (κ2) is 25.6. The topological polar surface area (TPSA) is 122 Å². The number of carbonyl (C=O) groups is 4. The zero-order valence-electron chi connectivity index (χ0n) is 49.8. The van der Waals surface area contributed by atoms with Crippen molar-refractivity contribution >= 4 is 46.8 Å². The largest absolute Gasteiger partial charge is 0.345 e. The quantitative estimate of drug-likeness (QED) is 0.130. The molecule has 5 atom stereocenters. The summed E-state index contributed by atoms with van der Waals surface area (Å²) < 4.78 is 57.2. The number of benzene rings is 4.